The number of hydrogen-bond donors (Lipinski definition) is 2. The van der Waals surface area contributed by atoms with Crippen molar-refractivity contribution in [2.75, 3.05) is 26.2 Å². The van der Waals surface area contributed by atoms with E-state index < -0.39 is 5.60 Å². The van der Waals surface area contributed by atoms with Crippen molar-refractivity contribution in [3.8, 4) is 11.5 Å². The molecule has 1 amide bonds. The number of rotatable bonds is 2. The van der Waals surface area contributed by atoms with Gasteiger partial charge in [-0.2, -0.15) is 0 Å². The minimum Gasteiger partial charge on any atom is -0.508 e. The Balaban J connectivity index is 1.86. The first-order valence-corrected chi connectivity index (χ1v) is 7.46. The Morgan fingerprint density at radius 2 is 1.82 bits per heavy atom. The highest BCUT2D eigenvalue weighted by Gasteiger charge is 2.26. The Kier molecular flexibility index (Phi) is 4.81. The highest BCUT2D eigenvalue weighted by molar-refractivity contribution is 5.68. The normalized spacial score (nSPS) is 16.6. The third kappa shape index (κ3) is 4.53. The SMILES string of the molecule is CC(C)(C)OC(=O)N1CCN(Cc2ccc(O)cc2O)CC1. The van der Waals surface area contributed by atoms with Gasteiger partial charge in [-0.05, 0) is 26.8 Å². The van der Waals surface area contributed by atoms with Gasteiger partial charge in [0.2, 0.25) is 0 Å². The Morgan fingerprint density at radius 3 is 2.36 bits per heavy atom. The second kappa shape index (κ2) is 6.44. The van der Waals surface area contributed by atoms with Crippen molar-refractivity contribution >= 4 is 6.09 Å². The van der Waals surface area contributed by atoms with Crippen LogP contribution in [0.4, 0.5) is 4.79 Å². The molecular weight excluding hydrogens is 284 g/mol. The summed E-state index contributed by atoms with van der Waals surface area (Å²) in [6.45, 7) is 8.81. The summed E-state index contributed by atoms with van der Waals surface area (Å²) in [6.07, 6.45) is -0.278. The molecule has 0 unspecified atom stereocenters. The largest absolute Gasteiger partial charge is 0.508 e. The summed E-state index contributed by atoms with van der Waals surface area (Å²) in [5, 5.41) is 19.1. The first-order chi connectivity index (χ1) is 10.2. The van der Waals surface area contributed by atoms with Gasteiger partial charge in [-0.3, -0.25) is 4.90 Å². The minimum atomic E-state index is -0.480. The summed E-state index contributed by atoms with van der Waals surface area (Å²) in [5.41, 5.74) is 0.287. The van der Waals surface area contributed by atoms with Crippen LogP contribution in [0.2, 0.25) is 0 Å². The number of carbonyl (C=O) groups excluding carboxylic acids is 1. The lowest BCUT2D eigenvalue weighted by molar-refractivity contribution is 0.0138. The van der Waals surface area contributed by atoms with Crippen molar-refractivity contribution in [1.29, 1.82) is 0 Å². The summed E-state index contributed by atoms with van der Waals surface area (Å²) in [7, 11) is 0. The monoisotopic (exact) mass is 308 g/mol. The van der Waals surface area contributed by atoms with Crippen molar-refractivity contribution in [3.05, 3.63) is 23.8 Å². The number of aromatic hydroxyl groups is 2. The van der Waals surface area contributed by atoms with Crippen molar-refractivity contribution in [3.63, 3.8) is 0 Å². The zero-order chi connectivity index (χ0) is 16.3. The summed E-state index contributed by atoms with van der Waals surface area (Å²) < 4.78 is 5.36. The molecular formula is C16H24N2O4. The van der Waals surface area contributed by atoms with Crippen LogP contribution in [0.3, 0.4) is 0 Å². The van der Waals surface area contributed by atoms with Crippen LogP contribution < -0.4 is 0 Å². The molecule has 1 aromatic rings. The smallest absolute Gasteiger partial charge is 0.410 e. The highest BCUT2D eigenvalue weighted by Crippen LogP contribution is 2.24. The Morgan fingerprint density at radius 1 is 1.18 bits per heavy atom. The van der Waals surface area contributed by atoms with E-state index in [0.717, 1.165) is 18.7 Å². The van der Waals surface area contributed by atoms with Gasteiger partial charge in [0.15, 0.2) is 0 Å². The van der Waals surface area contributed by atoms with Gasteiger partial charge in [0.25, 0.3) is 0 Å². The first kappa shape index (κ1) is 16.4. The van der Waals surface area contributed by atoms with E-state index in [2.05, 4.69) is 4.90 Å². The van der Waals surface area contributed by atoms with Crippen molar-refractivity contribution < 1.29 is 19.7 Å². The standard InChI is InChI=1S/C16H24N2O4/c1-16(2,3)22-15(21)18-8-6-17(7-9-18)11-12-4-5-13(19)10-14(12)20/h4-5,10,19-20H,6-9,11H2,1-3H3. The fraction of sp³-hybridized carbons (Fsp3) is 0.562. The lowest BCUT2D eigenvalue weighted by atomic mass is 10.1. The van der Waals surface area contributed by atoms with Gasteiger partial charge in [-0.1, -0.05) is 6.07 Å². The van der Waals surface area contributed by atoms with Gasteiger partial charge in [0.1, 0.15) is 17.1 Å². The van der Waals surface area contributed by atoms with Gasteiger partial charge in [0.05, 0.1) is 0 Å². The Bertz CT molecular complexity index is 531. The Labute approximate surface area is 130 Å². The molecule has 0 aromatic heterocycles. The minimum absolute atomic E-state index is 0.0518. The van der Waals surface area contributed by atoms with E-state index in [4.69, 9.17) is 4.74 Å². The second-order valence-corrected chi connectivity index (χ2v) is 6.56. The number of ether oxygens (including phenoxy) is 1. The predicted octanol–water partition coefficient (Wildman–Crippen LogP) is 2.15. The van der Waals surface area contributed by atoms with E-state index in [-0.39, 0.29) is 17.6 Å². The highest BCUT2D eigenvalue weighted by atomic mass is 16.6. The number of phenols is 2. The molecule has 0 atom stereocenters. The topological polar surface area (TPSA) is 73.2 Å². The van der Waals surface area contributed by atoms with Gasteiger partial charge in [0, 0.05) is 44.4 Å². The molecule has 122 valence electrons. The maximum atomic E-state index is 12.0. The van der Waals surface area contributed by atoms with Crippen molar-refractivity contribution in [2.45, 2.75) is 32.9 Å². The summed E-state index contributed by atoms with van der Waals surface area (Å²) >= 11 is 0. The molecule has 1 aliphatic rings. The van der Waals surface area contributed by atoms with Crippen LogP contribution in [0.5, 0.6) is 11.5 Å². The number of benzene rings is 1. The van der Waals surface area contributed by atoms with Gasteiger partial charge >= 0.3 is 6.09 Å². The van der Waals surface area contributed by atoms with Crippen LogP contribution in [0, 0.1) is 0 Å². The molecule has 0 saturated carbocycles. The number of hydrogen-bond acceptors (Lipinski definition) is 5. The maximum absolute atomic E-state index is 12.0. The quantitative estimate of drug-likeness (QED) is 0.876. The van der Waals surface area contributed by atoms with Gasteiger partial charge in [-0.15, -0.1) is 0 Å². The third-order valence-corrected chi connectivity index (χ3v) is 3.49. The van der Waals surface area contributed by atoms with E-state index in [1.807, 2.05) is 20.8 Å². The number of phenolic OH excluding ortho intramolecular Hbond substituents is 2. The lowest BCUT2D eigenvalue weighted by Gasteiger charge is -2.35. The van der Waals surface area contributed by atoms with Crippen LogP contribution in [0.1, 0.15) is 26.3 Å². The lowest BCUT2D eigenvalue weighted by Crippen LogP contribution is -2.49. The van der Waals surface area contributed by atoms with Gasteiger partial charge in [-0.25, -0.2) is 4.79 Å². The summed E-state index contributed by atoms with van der Waals surface area (Å²) in [5.74, 6) is 0.144. The summed E-state index contributed by atoms with van der Waals surface area (Å²) in [6, 6.07) is 4.61. The van der Waals surface area contributed by atoms with Crippen molar-refractivity contribution in [1.82, 2.24) is 9.80 Å². The van der Waals surface area contributed by atoms with Crippen LogP contribution >= 0.6 is 0 Å². The fourth-order valence-corrected chi connectivity index (χ4v) is 2.34. The third-order valence-electron chi connectivity index (χ3n) is 3.49. The average Bonchev–Trinajstić information content (AvgIpc) is 2.41. The van der Waals surface area contributed by atoms with E-state index in [1.54, 1.807) is 17.0 Å². The molecule has 6 nitrogen and oxygen atoms in total. The number of amides is 1. The van der Waals surface area contributed by atoms with Crippen LogP contribution in [-0.4, -0.2) is 57.9 Å². The molecule has 0 radical (unpaired) electrons. The molecule has 1 saturated heterocycles. The predicted molar refractivity (Wildman–Crippen MR) is 82.9 cm³/mol. The van der Waals surface area contributed by atoms with Gasteiger partial charge < -0.3 is 19.8 Å². The zero-order valence-corrected chi connectivity index (χ0v) is 13.4. The van der Waals surface area contributed by atoms with Crippen molar-refractivity contribution in [2.24, 2.45) is 0 Å². The molecule has 1 heterocycles. The number of carbonyl (C=O) groups is 1. The average molecular weight is 308 g/mol. The van der Waals surface area contributed by atoms with E-state index in [1.165, 1.54) is 6.07 Å². The molecule has 1 fully saturated rings. The molecule has 2 N–H and O–H groups in total. The first-order valence-electron chi connectivity index (χ1n) is 7.46. The fourth-order valence-electron chi connectivity index (χ4n) is 2.34. The molecule has 0 aliphatic carbocycles. The number of piperazine rings is 1. The summed E-state index contributed by atoms with van der Waals surface area (Å²) in [4.78, 5) is 15.9. The molecule has 2 rings (SSSR count). The van der Waals surface area contributed by atoms with E-state index in [9.17, 15) is 15.0 Å². The Hall–Kier alpha value is -1.95. The van der Waals surface area contributed by atoms with E-state index in [0.29, 0.717) is 19.6 Å². The maximum Gasteiger partial charge on any atom is 0.410 e. The number of nitrogens with zero attached hydrogens (tertiary/aromatic N) is 2. The van der Waals surface area contributed by atoms with Crippen LogP contribution in [-0.2, 0) is 11.3 Å². The van der Waals surface area contributed by atoms with E-state index >= 15 is 0 Å². The molecule has 6 heteroatoms. The molecule has 1 aromatic carbocycles. The molecule has 0 spiro atoms. The zero-order valence-electron chi connectivity index (χ0n) is 13.4. The van der Waals surface area contributed by atoms with Crippen LogP contribution in [0.25, 0.3) is 0 Å². The van der Waals surface area contributed by atoms with Crippen LogP contribution in [0.15, 0.2) is 18.2 Å². The second-order valence-electron chi connectivity index (χ2n) is 6.56. The molecule has 1 aliphatic heterocycles. The molecule has 0 bridgehead atoms. The molecule has 22 heavy (non-hydrogen) atoms.